The van der Waals surface area contributed by atoms with E-state index in [0.29, 0.717) is 18.2 Å². The first-order valence-corrected chi connectivity index (χ1v) is 15.3. The van der Waals surface area contributed by atoms with Gasteiger partial charge in [0.1, 0.15) is 5.75 Å². The van der Waals surface area contributed by atoms with Gasteiger partial charge in [-0.25, -0.2) is 4.79 Å². The largest absolute Gasteiger partial charge is 0.493 e. The van der Waals surface area contributed by atoms with E-state index in [2.05, 4.69) is 83.3 Å². The van der Waals surface area contributed by atoms with Gasteiger partial charge in [0.2, 0.25) is 0 Å². The lowest BCUT2D eigenvalue weighted by Gasteiger charge is -2.42. The molecule has 0 bridgehead atoms. The Kier molecular flexibility index (Phi) is 9.64. The molecule has 1 aliphatic rings. The predicted molar refractivity (Wildman–Crippen MR) is 171 cm³/mol. The molecule has 0 spiro atoms. The SMILES string of the molecule is CC(C)NCCCCOc1ccc(-c2ccc(C(=O)OC(C)C)cc2)cc1-c1ccc2c(c1)C(C)(C)CCC2(C)C. The number of rotatable bonds is 11. The van der Waals surface area contributed by atoms with Crippen LogP contribution < -0.4 is 10.1 Å². The summed E-state index contributed by atoms with van der Waals surface area (Å²) < 4.78 is 11.8. The van der Waals surface area contributed by atoms with Crippen molar-refractivity contribution in [1.82, 2.24) is 5.32 Å². The lowest BCUT2D eigenvalue weighted by Crippen LogP contribution is -2.33. The number of ether oxygens (including phenoxy) is 2. The molecule has 0 saturated heterocycles. The molecule has 4 nitrogen and oxygen atoms in total. The fraction of sp³-hybridized carbons (Fsp3) is 0.486. The Hall–Kier alpha value is -3.11. The van der Waals surface area contributed by atoms with Gasteiger partial charge in [-0.2, -0.15) is 0 Å². The summed E-state index contributed by atoms with van der Waals surface area (Å²) in [6.45, 7) is 19.2. The molecule has 3 aromatic rings. The molecule has 0 radical (unpaired) electrons. The molecule has 220 valence electrons. The molecule has 0 aliphatic heterocycles. The Balaban J connectivity index is 1.67. The number of carbonyl (C=O) groups excluding carboxylic acids is 1. The van der Waals surface area contributed by atoms with Gasteiger partial charge in [-0.1, -0.05) is 77.9 Å². The van der Waals surface area contributed by atoms with Crippen LogP contribution in [0.2, 0.25) is 0 Å². The first-order chi connectivity index (χ1) is 19.4. The number of carbonyl (C=O) groups is 1. The van der Waals surface area contributed by atoms with E-state index < -0.39 is 0 Å². The van der Waals surface area contributed by atoms with Crippen LogP contribution in [0, 0.1) is 0 Å². The first kappa shape index (κ1) is 30.8. The molecular formula is C37H49NO3. The van der Waals surface area contributed by atoms with Crippen molar-refractivity contribution >= 4 is 5.97 Å². The predicted octanol–water partition coefficient (Wildman–Crippen LogP) is 9.09. The lowest BCUT2D eigenvalue weighted by atomic mass is 9.63. The molecular weight excluding hydrogens is 506 g/mol. The first-order valence-electron chi connectivity index (χ1n) is 15.3. The summed E-state index contributed by atoms with van der Waals surface area (Å²) in [6, 6.07) is 21.7. The van der Waals surface area contributed by atoms with Crippen molar-refractivity contribution in [2.75, 3.05) is 13.2 Å². The quantitative estimate of drug-likeness (QED) is 0.189. The summed E-state index contributed by atoms with van der Waals surface area (Å²) >= 11 is 0. The van der Waals surface area contributed by atoms with Gasteiger partial charge in [0.15, 0.2) is 0 Å². The number of benzene rings is 3. The number of hydrogen-bond donors (Lipinski definition) is 1. The highest BCUT2D eigenvalue weighted by molar-refractivity contribution is 5.90. The summed E-state index contributed by atoms with van der Waals surface area (Å²) in [5.74, 6) is 0.620. The van der Waals surface area contributed by atoms with Crippen molar-refractivity contribution in [1.29, 1.82) is 0 Å². The van der Waals surface area contributed by atoms with Crippen LogP contribution in [0.5, 0.6) is 5.75 Å². The van der Waals surface area contributed by atoms with Crippen molar-refractivity contribution in [3.05, 3.63) is 77.4 Å². The van der Waals surface area contributed by atoms with Gasteiger partial charge in [-0.3, -0.25) is 0 Å². The zero-order valence-corrected chi connectivity index (χ0v) is 26.4. The zero-order valence-electron chi connectivity index (χ0n) is 26.4. The highest BCUT2D eigenvalue weighted by atomic mass is 16.5. The van der Waals surface area contributed by atoms with Crippen molar-refractivity contribution in [3.63, 3.8) is 0 Å². The summed E-state index contributed by atoms with van der Waals surface area (Å²) in [4.78, 5) is 12.4. The van der Waals surface area contributed by atoms with Crippen LogP contribution in [-0.4, -0.2) is 31.3 Å². The molecule has 0 aromatic heterocycles. The summed E-state index contributed by atoms with van der Waals surface area (Å²) in [5, 5.41) is 3.49. The smallest absolute Gasteiger partial charge is 0.338 e. The minimum atomic E-state index is -0.292. The second-order valence-corrected chi connectivity index (χ2v) is 13.4. The number of nitrogens with one attached hydrogen (secondary N) is 1. The molecule has 3 aromatic carbocycles. The number of fused-ring (bicyclic) bond motifs is 1. The Morgan fingerprint density at radius 3 is 2.07 bits per heavy atom. The van der Waals surface area contributed by atoms with Crippen molar-refractivity contribution in [3.8, 4) is 28.0 Å². The molecule has 1 aliphatic carbocycles. The van der Waals surface area contributed by atoms with E-state index in [-0.39, 0.29) is 22.9 Å². The molecule has 0 fully saturated rings. The molecule has 0 saturated carbocycles. The van der Waals surface area contributed by atoms with E-state index in [1.807, 2.05) is 38.1 Å². The van der Waals surface area contributed by atoms with Crippen LogP contribution >= 0.6 is 0 Å². The van der Waals surface area contributed by atoms with Crippen LogP contribution in [0.1, 0.15) is 103 Å². The van der Waals surface area contributed by atoms with E-state index >= 15 is 0 Å². The highest BCUT2D eigenvalue weighted by Gasteiger charge is 2.37. The van der Waals surface area contributed by atoms with Crippen LogP contribution in [0.3, 0.4) is 0 Å². The van der Waals surface area contributed by atoms with Crippen molar-refractivity contribution < 1.29 is 14.3 Å². The zero-order chi connectivity index (χ0) is 29.8. The standard InChI is InChI=1S/C37H49NO3/c1-25(2)38-21-9-10-22-40-34-18-16-29(27-11-13-28(14-12-27)35(39)41-26(3)4)23-31(34)30-15-17-32-33(24-30)37(7,8)20-19-36(32,5)6/h11-18,23-26,38H,9-10,19-22H2,1-8H3. The lowest BCUT2D eigenvalue weighted by molar-refractivity contribution is 0.0378. The second-order valence-electron chi connectivity index (χ2n) is 13.4. The van der Waals surface area contributed by atoms with E-state index in [1.165, 1.54) is 29.5 Å². The van der Waals surface area contributed by atoms with Gasteiger partial charge < -0.3 is 14.8 Å². The number of hydrogen-bond acceptors (Lipinski definition) is 4. The summed E-state index contributed by atoms with van der Waals surface area (Å²) in [6.07, 6.45) is 4.31. The highest BCUT2D eigenvalue weighted by Crippen LogP contribution is 2.47. The molecule has 4 rings (SSSR count). The van der Waals surface area contributed by atoms with Gasteiger partial charge in [-0.05, 0) is 109 Å². The Morgan fingerprint density at radius 1 is 0.780 bits per heavy atom. The number of esters is 1. The van der Waals surface area contributed by atoms with E-state index in [9.17, 15) is 4.79 Å². The maximum absolute atomic E-state index is 12.4. The third kappa shape index (κ3) is 7.60. The van der Waals surface area contributed by atoms with Gasteiger partial charge in [0, 0.05) is 11.6 Å². The summed E-state index contributed by atoms with van der Waals surface area (Å²) in [5.41, 5.74) is 8.20. The average molecular weight is 556 g/mol. The maximum Gasteiger partial charge on any atom is 0.338 e. The normalized spacial score (nSPS) is 15.6. The third-order valence-electron chi connectivity index (χ3n) is 8.32. The van der Waals surface area contributed by atoms with Crippen molar-refractivity contribution in [2.45, 2.75) is 104 Å². The van der Waals surface area contributed by atoms with Gasteiger partial charge >= 0.3 is 5.97 Å². The Bertz CT molecular complexity index is 1330. The van der Waals surface area contributed by atoms with Gasteiger partial charge in [0.25, 0.3) is 0 Å². The Morgan fingerprint density at radius 2 is 1.41 bits per heavy atom. The topological polar surface area (TPSA) is 47.6 Å². The molecule has 0 atom stereocenters. The van der Waals surface area contributed by atoms with Gasteiger partial charge in [0.05, 0.1) is 18.3 Å². The third-order valence-corrected chi connectivity index (χ3v) is 8.32. The monoisotopic (exact) mass is 555 g/mol. The molecule has 0 amide bonds. The van der Waals surface area contributed by atoms with Crippen LogP contribution in [0.25, 0.3) is 22.3 Å². The van der Waals surface area contributed by atoms with E-state index in [0.717, 1.165) is 41.8 Å². The average Bonchev–Trinajstić information content (AvgIpc) is 2.92. The molecule has 0 heterocycles. The van der Waals surface area contributed by atoms with E-state index in [4.69, 9.17) is 9.47 Å². The second kappa shape index (κ2) is 12.8. The van der Waals surface area contributed by atoms with Crippen LogP contribution in [0.4, 0.5) is 0 Å². The van der Waals surface area contributed by atoms with Crippen molar-refractivity contribution in [2.24, 2.45) is 0 Å². The van der Waals surface area contributed by atoms with E-state index in [1.54, 1.807) is 0 Å². The molecule has 4 heteroatoms. The fourth-order valence-corrected chi connectivity index (χ4v) is 5.70. The number of unbranched alkanes of at least 4 members (excludes halogenated alkanes) is 1. The Labute approximate surface area is 247 Å². The minimum Gasteiger partial charge on any atom is -0.493 e. The molecule has 1 N–H and O–H groups in total. The maximum atomic E-state index is 12.4. The molecule has 0 unspecified atom stereocenters. The summed E-state index contributed by atoms with van der Waals surface area (Å²) in [7, 11) is 0. The van der Waals surface area contributed by atoms with Gasteiger partial charge in [-0.15, -0.1) is 0 Å². The fourth-order valence-electron chi connectivity index (χ4n) is 5.70. The van der Waals surface area contributed by atoms with Crippen LogP contribution in [0.15, 0.2) is 60.7 Å². The molecule has 41 heavy (non-hydrogen) atoms. The van der Waals surface area contributed by atoms with Crippen LogP contribution in [-0.2, 0) is 15.6 Å². The minimum absolute atomic E-state index is 0.128.